The third-order valence-electron chi connectivity index (χ3n) is 5.93. The fraction of sp³-hybridized carbons (Fsp3) is 0.0769. The van der Waals surface area contributed by atoms with E-state index < -0.39 is 0 Å². The number of nitrogens with one attached hydrogen (secondary N) is 1. The maximum absolute atomic E-state index is 13.2. The Balaban J connectivity index is 1.36. The van der Waals surface area contributed by atoms with Gasteiger partial charge in [0.05, 0.1) is 10.6 Å². The molecule has 1 amide bonds. The fourth-order valence-electron chi connectivity index (χ4n) is 4.43. The van der Waals surface area contributed by atoms with Crippen LogP contribution in [0.3, 0.4) is 0 Å². The van der Waals surface area contributed by atoms with Gasteiger partial charge in [0.15, 0.2) is 5.58 Å². The summed E-state index contributed by atoms with van der Waals surface area (Å²) in [6.07, 6.45) is 2.04. The smallest absolute Gasteiger partial charge is 0.256 e. The number of aryl methyl sites for hydroxylation is 2. The van der Waals surface area contributed by atoms with Gasteiger partial charge in [0, 0.05) is 16.3 Å². The normalized spacial score (nSPS) is 12.6. The third kappa shape index (κ3) is 3.15. The minimum atomic E-state index is -0.168. The van der Waals surface area contributed by atoms with E-state index in [-0.39, 0.29) is 5.91 Å². The summed E-state index contributed by atoms with van der Waals surface area (Å²) < 4.78 is 5.86. The lowest BCUT2D eigenvalue weighted by Gasteiger charge is -2.11. The topological polar surface area (TPSA) is 55.1 Å². The van der Waals surface area contributed by atoms with Crippen molar-refractivity contribution in [3.8, 4) is 11.5 Å². The van der Waals surface area contributed by atoms with Gasteiger partial charge in [-0.05, 0) is 77.2 Å². The van der Waals surface area contributed by atoms with Gasteiger partial charge in [-0.1, -0.05) is 47.5 Å². The van der Waals surface area contributed by atoms with Gasteiger partial charge in [0.2, 0.25) is 5.89 Å². The lowest BCUT2D eigenvalue weighted by Crippen LogP contribution is -2.12. The zero-order valence-electron chi connectivity index (χ0n) is 16.8. The molecule has 6 rings (SSSR count). The minimum absolute atomic E-state index is 0.168. The number of amides is 1. The van der Waals surface area contributed by atoms with Gasteiger partial charge in [-0.25, -0.2) is 4.98 Å². The summed E-state index contributed by atoms with van der Waals surface area (Å²) in [6.45, 7) is 0. The number of carbonyl (C=O) groups is 1. The van der Waals surface area contributed by atoms with Gasteiger partial charge < -0.3 is 9.73 Å². The van der Waals surface area contributed by atoms with Crippen molar-refractivity contribution in [2.24, 2.45) is 0 Å². The minimum Gasteiger partial charge on any atom is -0.436 e. The van der Waals surface area contributed by atoms with E-state index in [9.17, 15) is 4.79 Å². The highest BCUT2D eigenvalue weighted by Gasteiger charge is 2.19. The number of oxazole rings is 1. The summed E-state index contributed by atoms with van der Waals surface area (Å²) in [5, 5.41) is 6.25. The molecule has 0 radical (unpaired) electrons. The summed E-state index contributed by atoms with van der Waals surface area (Å²) in [7, 11) is 0. The monoisotopic (exact) mass is 458 g/mol. The van der Waals surface area contributed by atoms with Crippen molar-refractivity contribution >= 4 is 56.7 Å². The SMILES string of the molecule is O=C(Nc1ccc(Cl)c(-c2nc3cc(Cl)ccc3o2)c1)c1ccc2c3c(cccc13)CC2. The molecule has 1 aliphatic rings. The van der Waals surface area contributed by atoms with Crippen LogP contribution in [0.15, 0.2) is 71.1 Å². The molecule has 0 saturated carbocycles. The second-order valence-electron chi connectivity index (χ2n) is 7.89. The molecule has 4 aromatic carbocycles. The molecule has 0 atom stereocenters. The molecule has 156 valence electrons. The molecule has 1 N–H and O–H groups in total. The maximum Gasteiger partial charge on any atom is 0.256 e. The lowest BCUT2D eigenvalue weighted by molar-refractivity contribution is 0.102. The van der Waals surface area contributed by atoms with E-state index in [4.69, 9.17) is 27.6 Å². The number of carbonyl (C=O) groups excluding carboxylic acids is 1. The van der Waals surface area contributed by atoms with Gasteiger partial charge in [0.1, 0.15) is 5.52 Å². The largest absolute Gasteiger partial charge is 0.436 e. The van der Waals surface area contributed by atoms with Crippen LogP contribution in [-0.4, -0.2) is 10.9 Å². The van der Waals surface area contributed by atoms with Crippen molar-refractivity contribution in [2.75, 3.05) is 5.32 Å². The molecule has 0 saturated heterocycles. The molecule has 0 aliphatic heterocycles. The molecule has 1 aromatic heterocycles. The van der Waals surface area contributed by atoms with E-state index >= 15 is 0 Å². The van der Waals surface area contributed by atoms with Gasteiger partial charge in [-0.3, -0.25) is 4.79 Å². The molecule has 1 heterocycles. The van der Waals surface area contributed by atoms with E-state index in [0.717, 1.165) is 18.2 Å². The second kappa shape index (κ2) is 7.37. The van der Waals surface area contributed by atoms with Gasteiger partial charge in [0.25, 0.3) is 5.91 Å². The Bertz CT molecular complexity index is 1540. The van der Waals surface area contributed by atoms with Crippen LogP contribution in [0.5, 0.6) is 0 Å². The number of hydrogen-bond donors (Lipinski definition) is 1. The average molecular weight is 459 g/mol. The molecule has 4 nitrogen and oxygen atoms in total. The first-order valence-corrected chi connectivity index (χ1v) is 11.0. The Morgan fingerprint density at radius 1 is 0.938 bits per heavy atom. The molecule has 5 aromatic rings. The van der Waals surface area contributed by atoms with Gasteiger partial charge in [-0.15, -0.1) is 0 Å². The fourth-order valence-corrected chi connectivity index (χ4v) is 4.79. The molecule has 6 heteroatoms. The van der Waals surface area contributed by atoms with Crippen molar-refractivity contribution in [1.29, 1.82) is 0 Å². The Hall–Kier alpha value is -3.34. The molecule has 1 aliphatic carbocycles. The van der Waals surface area contributed by atoms with Crippen LogP contribution in [0.25, 0.3) is 33.3 Å². The van der Waals surface area contributed by atoms with Crippen molar-refractivity contribution in [3.63, 3.8) is 0 Å². The van der Waals surface area contributed by atoms with Crippen molar-refractivity contribution in [2.45, 2.75) is 12.8 Å². The maximum atomic E-state index is 13.2. The summed E-state index contributed by atoms with van der Waals surface area (Å²) in [6, 6.07) is 20.6. The van der Waals surface area contributed by atoms with Gasteiger partial charge in [-0.2, -0.15) is 0 Å². The van der Waals surface area contributed by atoms with Crippen LogP contribution in [-0.2, 0) is 12.8 Å². The predicted octanol–water partition coefficient (Wildman–Crippen LogP) is 7.31. The Labute approximate surface area is 193 Å². The number of aromatic nitrogens is 1. The van der Waals surface area contributed by atoms with Crippen LogP contribution < -0.4 is 5.32 Å². The van der Waals surface area contributed by atoms with Gasteiger partial charge >= 0.3 is 0 Å². The highest BCUT2D eigenvalue weighted by Crippen LogP contribution is 2.35. The molecule has 0 bridgehead atoms. The van der Waals surface area contributed by atoms with E-state index in [1.54, 1.807) is 36.4 Å². The average Bonchev–Trinajstić information content (AvgIpc) is 3.40. The highest BCUT2D eigenvalue weighted by atomic mass is 35.5. The van der Waals surface area contributed by atoms with Crippen molar-refractivity contribution in [3.05, 3.63) is 93.5 Å². The van der Waals surface area contributed by atoms with E-state index in [0.29, 0.717) is 43.9 Å². The summed E-state index contributed by atoms with van der Waals surface area (Å²) in [5.41, 5.74) is 5.72. The predicted molar refractivity (Wildman–Crippen MR) is 129 cm³/mol. The van der Waals surface area contributed by atoms with Crippen LogP contribution in [0.2, 0.25) is 10.0 Å². The summed E-state index contributed by atoms with van der Waals surface area (Å²) >= 11 is 12.5. The molecule has 32 heavy (non-hydrogen) atoms. The number of halogens is 2. The summed E-state index contributed by atoms with van der Waals surface area (Å²) in [4.78, 5) is 17.7. The van der Waals surface area contributed by atoms with Crippen LogP contribution in [0.1, 0.15) is 21.5 Å². The highest BCUT2D eigenvalue weighted by molar-refractivity contribution is 6.33. The zero-order valence-corrected chi connectivity index (χ0v) is 18.3. The standard InChI is InChI=1S/C26H16Cl2N2O2/c27-16-7-11-23-22(12-16)30-26(32-23)20-13-17(8-10-21(20)28)29-25(31)19-9-6-15-5-4-14-2-1-3-18(19)24(14)15/h1-3,6-13H,4-5H2,(H,29,31). The number of benzene rings is 4. The molecule has 0 spiro atoms. The van der Waals surface area contributed by atoms with E-state index in [1.165, 1.54) is 16.5 Å². The number of fused-ring (bicyclic) bond motifs is 1. The molecular weight excluding hydrogens is 443 g/mol. The second-order valence-corrected chi connectivity index (χ2v) is 8.74. The van der Waals surface area contributed by atoms with Crippen LogP contribution in [0, 0.1) is 0 Å². The first kappa shape index (κ1) is 19.4. The number of hydrogen-bond acceptors (Lipinski definition) is 3. The number of anilines is 1. The molecular formula is C26H16Cl2N2O2. The van der Waals surface area contributed by atoms with Crippen molar-refractivity contribution in [1.82, 2.24) is 4.98 Å². The lowest BCUT2D eigenvalue weighted by atomic mass is 9.99. The first-order chi connectivity index (χ1) is 15.6. The van der Waals surface area contributed by atoms with Crippen LogP contribution in [0.4, 0.5) is 5.69 Å². The summed E-state index contributed by atoms with van der Waals surface area (Å²) in [5.74, 6) is 0.201. The molecule has 0 fully saturated rings. The Morgan fingerprint density at radius 3 is 2.66 bits per heavy atom. The molecule has 0 unspecified atom stereocenters. The Kier molecular flexibility index (Phi) is 4.46. The number of rotatable bonds is 3. The first-order valence-electron chi connectivity index (χ1n) is 10.3. The van der Waals surface area contributed by atoms with Crippen molar-refractivity contribution < 1.29 is 9.21 Å². The number of nitrogens with zero attached hydrogens (tertiary/aromatic N) is 1. The quantitative estimate of drug-likeness (QED) is 0.308. The van der Waals surface area contributed by atoms with E-state index in [1.807, 2.05) is 18.2 Å². The van der Waals surface area contributed by atoms with E-state index in [2.05, 4.69) is 22.4 Å². The Morgan fingerprint density at radius 2 is 1.78 bits per heavy atom. The third-order valence-corrected chi connectivity index (χ3v) is 6.49. The van der Waals surface area contributed by atoms with Crippen LogP contribution >= 0.6 is 23.2 Å². The zero-order chi connectivity index (χ0) is 21.8.